The van der Waals surface area contributed by atoms with E-state index in [1.165, 1.54) is 12.1 Å². The normalized spacial score (nSPS) is 11.2. The molecular formula is C14H7Cl2N5OS. The highest BCUT2D eigenvalue weighted by Crippen LogP contribution is 2.37. The van der Waals surface area contributed by atoms with E-state index in [1.54, 1.807) is 13.0 Å². The maximum absolute atomic E-state index is 9.47. The molecule has 23 heavy (non-hydrogen) atoms. The van der Waals surface area contributed by atoms with Crippen LogP contribution < -0.4 is 0 Å². The number of phenolic OH excluding ortho intramolecular Hbond substituents is 1. The van der Waals surface area contributed by atoms with E-state index in [9.17, 15) is 5.11 Å². The minimum Gasteiger partial charge on any atom is -0.506 e. The first-order valence-electron chi connectivity index (χ1n) is 6.26. The average molecular weight is 364 g/mol. The molecule has 1 aromatic carbocycles. The van der Waals surface area contributed by atoms with Crippen LogP contribution in [0.3, 0.4) is 0 Å². The number of phenols is 1. The summed E-state index contributed by atoms with van der Waals surface area (Å²) in [6, 6.07) is 6.46. The molecule has 2 heterocycles. The molecule has 0 radical (unpaired) electrons. The molecule has 0 aliphatic rings. The third-order valence-electron chi connectivity index (χ3n) is 3.03. The smallest absolute Gasteiger partial charge is 0.175 e. The van der Waals surface area contributed by atoms with Gasteiger partial charge in [0, 0.05) is 6.07 Å². The van der Waals surface area contributed by atoms with Crippen molar-refractivity contribution in [3.63, 3.8) is 0 Å². The Morgan fingerprint density at radius 3 is 2.74 bits per heavy atom. The topological polar surface area (TPSA) is 94.5 Å². The molecule has 0 bridgehead atoms. The Kier molecular flexibility index (Phi) is 4.13. The van der Waals surface area contributed by atoms with E-state index in [-0.39, 0.29) is 15.8 Å². The second kappa shape index (κ2) is 6.08. The van der Waals surface area contributed by atoms with Gasteiger partial charge in [-0.2, -0.15) is 9.64 Å². The molecule has 0 unspecified atom stereocenters. The van der Waals surface area contributed by atoms with Gasteiger partial charge in [-0.3, -0.25) is 0 Å². The molecule has 0 aliphatic heterocycles. The molecular weight excluding hydrogens is 357 g/mol. The monoisotopic (exact) mass is 363 g/mol. The summed E-state index contributed by atoms with van der Waals surface area (Å²) < 4.78 is 4.19. The number of azo groups is 1. The number of nitriles is 1. The van der Waals surface area contributed by atoms with E-state index in [2.05, 4.69) is 25.7 Å². The quantitative estimate of drug-likeness (QED) is 0.624. The van der Waals surface area contributed by atoms with Crippen LogP contribution in [0, 0.1) is 18.3 Å². The molecule has 0 saturated heterocycles. The van der Waals surface area contributed by atoms with Gasteiger partial charge >= 0.3 is 0 Å². The number of nitrogens with zero attached hydrogens (tertiary/aromatic N) is 5. The predicted octanol–water partition coefficient (Wildman–Crippen LogP) is 5.30. The maximum Gasteiger partial charge on any atom is 0.175 e. The first kappa shape index (κ1) is 15.6. The lowest BCUT2D eigenvalue weighted by atomic mass is 10.2. The first-order valence-corrected chi connectivity index (χ1v) is 7.79. The van der Waals surface area contributed by atoms with Gasteiger partial charge in [-0.25, -0.2) is 4.98 Å². The SMILES string of the molecule is Cc1nc2nsc(/N=N/c3cc(Cl)c(O)cc3Cl)c2cc1C#N. The van der Waals surface area contributed by atoms with Crippen molar-refractivity contribution < 1.29 is 5.11 Å². The van der Waals surface area contributed by atoms with Crippen molar-refractivity contribution in [2.75, 3.05) is 0 Å². The summed E-state index contributed by atoms with van der Waals surface area (Å²) in [5.74, 6) is -0.128. The highest BCUT2D eigenvalue weighted by molar-refractivity contribution is 7.11. The highest BCUT2D eigenvalue weighted by Gasteiger charge is 2.11. The molecule has 0 spiro atoms. The summed E-state index contributed by atoms with van der Waals surface area (Å²) in [7, 11) is 0. The Morgan fingerprint density at radius 1 is 1.22 bits per heavy atom. The summed E-state index contributed by atoms with van der Waals surface area (Å²) >= 11 is 12.9. The van der Waals surface area contributed by atoms with E-state index in [1.807, 2.05) is 0 Å². The Balaban J connectivity index is 2.05. The number of hydrogen-bond acceptors (Lipinski definition) is 7. The summed E-state index contributed by atoms with van der Waals surface area (Å²) in [5.41, 5.74) is 1.90. The molecule has 0 fully saturated rings. The third kappa shape index (κ3) is 2.97. The second-order valence-corrected chi connectivity index (χ2v) is 6.11. The number of rotatable bonds is 2. The van der Waals surface area contributed by atoms with Gasteiger partial charge in [-0.05, 0) is 30.6 Å². The number of aromatic hydroxyl groups is 1. The molecule has 9 heteroatoms. The van der Waals surface area contributed by atoms with Crippen LogP contribution in [0.2, 0.25) is 10.0 Å². The number of aromatic nitrogens is 2. The highest BCUT2D eigenvalue weighted by atomic mass is 35.5. The average Bonchev–Trinajstić information content (AvgIpc) is 2.90. The number of pyridine rings is 1. The van der Waals surface area contributed by atoms with Crippen LogP contribution in [0.4, 0.5) is 10.7 Å². The summed E-state index contributed by atoms with van der Waals surface area (Å²) in [6.07, 6.45) is 0. The number of aryl methyl sites for hydroxylation is 1. The van der Waals surface area contributed by atoms with Crippen molar-refractivity contribution in [2.24, 2.45) is 10.2 Å². The number of fused-ring (bicyclic) bond motifs is 1. The van der Waals surface area contributed by atoms with Gasteiger partial charge in [0.25, 0.3) is 0 Å². The minimum atomic E-state index is -0.128. The van der Waals surface area contributed by atoms with Gasteiger partial charge in [0.15, 0.2) is 10.6 Å². The van der Waals surface area contributed by atoms with Crippen molar-refractivity contribution in [3.05, 3.63) is 39.5 Å². The van der Waals surface area contributed by atoms with Gasteiger partial charge < -0.3 is 5.11 Å². The summed E-state index contributed by atoms with van der Waals surface area (Å²) in [4.78, 5) is 4.26. The molecule has 114 valence electrons. The second-order valence-electron chi connectivity index (χ2n) is 4.55. The van der Waals surface area contributed by atoms with Gasteiger partial charge in [0.05, 0.1) is 26.7 Å². The third-order valence-corrected chi connectivity index (χ3v) is 4.37. The van der Waals surface area contributed by atoms with Gasteiger partial charge in [0.1, 0.15) is 17.5 Å². The first-order chi connectivity index (χ1) is 11.0. The van der Waals surface area contributed by atoms with Crippen molar-refractivity contribution in [2.45, 2.75) is 6.92 Å². The number of benzene rings is 1. The van der Waals surface area contributed by atoms with Crippen LogP contribution in [0.25, 0.3) is 11.0 Å². The largest absolute Gasteiger partial charge is 0.506 e. The van der Waals surface area contributed by atoms with Crippen LogP contribution in [-0.4, -0.2) is 14.5 Å². The Morgan fingerprint density at radius 2 is 2.00 bits per heavy atom. The van der Waals surface area contributed by atoms with E-state index in [0.29, 0.717) is 33.0 Å². The molecule has 1 N–H and O–H groups in total. The Hall–Kier alpha value is -2.27. The minimum absolute atomic E-state index is 0.126. The Bertz CT molecular complexity index is 993. The Labute approximate surface area is 144 Å². The van der Waals surface area contributed by atoms with Crippen LogP contribution in [-0.2, 0) is 0 Å². The number of halogens is 2. The van der Waals surface area contributed by atoms with Crippen LogP contribution in [0.1, 0.15) is 11.3 Å². The van der Waals surface area contributed by atoms with Gasteiger partial charge in [-0.1, -0.05) is 23.2 Å². The van der Waals surface area contributed by atoms with E-state index >= 15 is 0 Å². The molecule has 3 rings (SSSR count). The molecule has 0 atom stereocenters. The summed E-state index contributed by atoms with van der Waals surface area (Å²) in [5, 5.41) is 28.2. The lowest BCUT2D eigenvalue weighted by Crippen LogP contribution is -1.87. The van der Waals surface area contributed by atoms with E-state index in [4.69, 9.17) is 28.5 Å². The maximum atomic E-state index is 9.47. The van der Waals surface area contributed by atoms with E-state index < -0.39 is 0 Å². The lowest BCUT2D eigenvalue weighted by Gasteiger charge is -2.00. The molecule has 0 aliphatic carbocycles. The van der Waals surface area contributed by atoms with E-state index in [0.717, 1.165) is 11.5 Å². The molecule has 6 nitrogen and oxygen atoms in total. The zero-order valence-electron chi connectivity index (χ0n) is 11.6. The van der Waals surface area contributed by atoms with Crippen molar-refractivity contribution in [1.29, 1.82) is 5.26 Å². The van der Waals surface area contributed by atoms with Crippen molar-refractivity contribution in [1.82, 2.24) is 9.36 Å². The van der Waals surface area contributed by atoms with Crippen LogP contribution >= 0.6 is 34.7 Å². The fourth-order valence-corrected chi connectivity index (χ4v) is 2.83. The fraction of sp³-hybridized carbons (Fsp3) is 0.0714. The van der Waals surface area contributed by atoms with Crippen molar-refractivity contribution >= 4 is 56.5 Å². The van der Waals surface area contributed by atoms with Gasteiger partial charge in [-0.15, -0.1) is 10.2 Å². The van der Waals surface area contributed by atoms with Crippen LogP contribution in [0.15, 0.2) is 28.4 Å². The standard InChI is InChI=1S/C14H7Cl2N5OS/c1-6-7(5-17)2-8-13(18-6)21-23-14(8)20-19-11-3-10(16)12(22)4-9(11)15/h2-4,22H,1H3/b20-19+. The molecule has 2 aromatic heterocycles. The molecule has 0 amide bonds. The molecule has 3 aromatic rings. The zero-order chi connectivity index (χ0) is 16.6. The van der Waals surface area contributed by atoms with Gasteiger partial charge in [0.2, 0.25) is 0 Å². The zero-order valence-corrected chi connectivity index (χ0v) is 13.9. The number of hydrogen-bond donors (Lipinski definition) is 1. The van der Waals surface area contributed by atoms with Crippen LogP contribution in [0.5, 0.6) is 5.75 Å². The lowest BCUT2D eigenvalue weighted by molar-refractivity contribution is 0.475. The summed E-state index contributed by atoms with van der Waals surface area (Å²) in [6.45, 7) is 1.75. The fourth-order valence-electron chi connectivity index (χ4n) is 1.84. The van der Waals surface area contributed by atoms with Crippen molar-refractivity contribution in [3.8, 4) is 11.8 Å². The predicted molar refractivity (Wildman–Crippen MR) is 89.2 cm³/mol. The molecule has 0 saturated carbocycles.